The van der Waals surface area contributed by atoms with E-state index in [0.29, 0.717) is 0 Å². The molecule has 0 rings (SSSR count). The molecule has 4 heavy (non-hydrogen) atoms. The summed E-state index contributed by atoms with van der Waals surface area (Å²) in [5.41, 5.74) is -2.07. The first-order valence-electron chi connectivity index (χ1n) is 1.97. The Kier molecular flexibility index (Phi) is 0.634. The molecule has 0 spiro atoms. The number of hydrogen-bond donors (Lipinski definition) is 1. The zero-order chi connectivity index (χ0) is 5.21. The average Bonchev–Trinajstić information content (AvgIpc) is 1.35. The van der Waals surface area contributed by atoms with Crippen LogP contribution in [0.2, 0.25) is 0 Å². The van der Waals surface area contributed by atoms with E-state index in [1.165, 1.54) is 0 Å². The van der Waals surface area contributed by atoms with Crippen LogP contribution in [-0.4, -0.2) is 10.6 Å². The molecule has 0 fully saturated rings. The van der Waals surface area contributed by atoms with Crippen LogP contribution in [0.15, 0.2) is 0 Å². The highest BCUT2D eigenvalue weighted by atomic mass is 35.5. The maximum absolute atomic E-state index is 8.07. The fraction of sp³-hybridized carbons (Fsp3) is 1.00. The van der Waals surface area contributed by atoms with E-state index in [1.54, 1.807) is 0 Å². The molecule has 0 aliphatic rings. The molecule has 1 atom stereocenters. The summed E-state index contributed by atoms with van der Waals surface area (Å²) in [5, 5.41) is 8.07. The number of aliphatic hydroxyl groups is 1. The van der Waals surface area contributed by atoms with Crippen LogP contribution in [0, 0.1) is 0 Å². The molecule has 0 aliphatic carbocycles. The zero-order valence-corrected chi connectivity index (χ0v) is 2.79. The molecule has 0 bridgehead atoms. The maximum Gasteiger partial charge on any atom is 0.125 e. The Morgan fingerprint density at radius 1 is 2.75 bits per heavy atom. The third-order valence-corrected chi connectivity index (χ3v) is 0. The average molecular weight is 82.5 g/mol. The molecule has 1 unspecified atom stereocenters. The van der Waals surface area contributed by atoms with Crippen molar-refractivity contribution in [2.75, 3.05) is 0 Å². The molecule has 0 amide bonds. The summed E-state index contributed by atoms with van der Waals surface area (Å²) in [6, 6.07) is 0. The lowest BCUT2D eigenvalue weighted by molar-refractivity contribution is 0.277. The molecule has 0 saturated carbocycles. The van der Waals surface area contributed by atoms with Crippen LogP contribution < -0.4 is 0 Å². The van der Waals surface area contributed by atoms with E-state index < -0.39 is 12.4 Å². The molecule has 26 valence electrons. The SMILES string of the molecule is [2H]CC([2H])(O)Cl. The minimum Gasteiger partial charge on any atom is -0.378 e. The summed E-state index contributed by atoms with van der Waals surface area (Å²) >= 11 is 4.75. The van der Waals surface area contributed by atoms with E-state index in [2.05, 4.69) is 0 Å². The third-order valence-electron chi connectivity index (χ3n) is 0. The molecule has 2 heteroatoms. The first kappa shape index (κ1) is 1.63. The lowest BCUT2D eigenvalue weighted by atomic mass is 10.9. The molecule has 0 aromatic rings. The van der Waals surface area contributed by atoms with Gasteiger partial charge in [0, 0.05) is 1.37 Å². The largest absolute Gasteiger partial charge is 0.378 e. The van der Waals surface area contributed by atoms with Gasteiger partial charge in [0.1, 0.15) is 5.54 Å². The van der Waals surface area contributed by atoms with Crippen LogP contribution in [0.1, 0.15) is 9.64 Å². The van der Waals surface area contributed by atoms with Gasteiger partial charge in [-0.15, -0.1) is 0 Å². The summed E-state index contributed by atoms with van der Waals surface area (Å²) in [5.74, 6) is 0. The third kappa shape index (κ3) is 56.3. The second-order valence-electron chi connectivity index (χ2n) is 0.376. The molecule has 0 saturated heterocycles. The number of hydrogen-bond acceptors (Lipinski definition) is 1. The molecular weight excluding hydrogens is 75.5 g/mol. The number of rotatable bonds is 0. The van der Waals surface area contributed by atoms with Crippen LogP contribution in [-0.2, 0) is 0 Å². The van der Waals surface area contributed by atoms with Crippen LogP contribution >= 0.6 is 11.6 Å². The van der Waals surface area contributed by atoms with Gasteiger partial charge in [0.05, 0.1) is 1.37 Å². The predicted molar refractivity (Wildman–Crippen MR) is 17.5 cm³/mol. The van der Waals surface area contributed by atoms with E-state index >= 15 is 0 Å². The van der Waals surface area contributed by atoms with Crippen molar-refractivity contribution in [1.82, 2.24) is 0 Å². The Morgan fingerprint density at radius 3 is 3.00 bits per heavy atom. The predicted octanol–water partition coefficient (Wildman–Crippen LogP) is 0.563. The van der Waals surface area contributed by atoms with Crippen molar-refractivity contribution >= 4 is 11.6 Å². The van der Waals surface area contributed by atoms with Crippen molar-refractivity contribution in [2.24, 2.45) is 0 Å². The van der Waals surface area contributed by atoms with Gasteiger partial charge in [-0.1, -0.05) is 11.6 Å². The standard InChI is InChI=1S/C2H5ClO/c1-2(3)4/h2,4H,1H3/i1D,2D. The van der Waals surface area contributed by atoms with Crippen LogP contribution in [0.4, 0.5) is 0 Å². The highest BCUT2D eigenvalue weighted by molar-refractivity contribution is 6.19. The van der Waals surface area contributed by atoms with Crippen molar-refractivity contribution < 1.29 is 7.85 Å². The van der Waals surface area contributed by atoms with Crippen LogP contribution in [0.3, 0.4) is 0 Å². The quantitative estimate of drug-likeness (QED) is 0.424. The Balaban J connectivity index is 3.17. The minimum absolute atomic E-state index is 0.492. The van der Waals surface area contributed by atoms with Gasteiger partial charge in [0.25, 0.3) is 0 Å². The van der Waals surface area contributed by atoms with Gasteiger partial charge >= 0.3 is 0 Å². The summed E-state index contributed by atoms with van der Waals surface area (Å²) < 4.78 is 12.6. The molecule has 0 aromatic heterocycles. The van der Waals surface area contributed by atoms with Crippen molar-refractivity contribution in [1.29, 1.82) is 0 Å². The van der Waals surface area contributed by atoms with Crippen molar-refractivity contribution in [2.45, 2.75) is 12.4 Å². The van der Waals surface area contributed by atoms with Gasteiger partial charge in [-0.2, -0.15) is 0 Å². The van der Waals surface area contributed by atoms with Crippen molar-refractivity contribution in [3.8, 4) is 0 Å². The van der Waals surface area contributed by atoms with Gasteiger partial charge < -0.3 is 5.11 Å². The Bertz CT molecular complexity index is 41.3. The lowest BCUT2D eigenvalue weighted by Gasteiger charge is -1.77. The van der Waals surface area contributed by atoms with Gasteiger partial charge in [-0.05, 0) is 6.90 Å². The Hall–Kier alpha value is 0.250. The van der Waals surface area contributed by atoms with Crippen LogP contribution in [0.25, 0.3) is 0 Å². The van der Waals surface area contributed by atoms with E-state index in [1.807, 2.05) is 0 Å². The fourth-order valence-corrected chi connectivity index (χ4v) is 0. The molecule has 0 radical (unpaired) electrons. The van der Waals surface area contributed by atoms with E-state index in [0.717, 1.165) is 0 Å². The van der Waals surface area contributed by atoms with Gasteiger partial charge in [-0.3, -0.25) is 0 Å². The normalized spacial score (nSPS) is 30.5. The molecule has 0 aliphatic heterocycles. The topological polar surface area (TPSA) is 20.2 Å². The first-order chi connectivity index (χ1) is 2.56. The lowest BCUT2D eigenvalue weighted by Crippen LogP contribution is -1.79. The number of halogens is 1. The minimum atomic E-state index is -2.07. The smallest absolute Gasteiger partial charge is 0.125 e. The summed E-state index contributed by atoms with van der Waals surface area (Å²) in [7, 11) is 0. The maximum atomic E-state index is 8.07. The van der Waals surface area contributed by atoms with E-state index in [-0.39, 0.29) is 0 Å². The molecule has 0 aromatic carbocycles. The highest BCUT2D eigenvalue weighted by Gasteiger charge is 1.72. The highest BCUT2D eigenvalue weighted by Crippen LogP contribution is 1.79. The second kappa shape index (κ2) is 1.56. The molecule has 0 heterocycles. The summed E-state index contributed by atoms with van der Waals surface area (Å²) in [4.78, 5) is 0. The summed E-state index contributed by atoms with van der Waals surface area (Å²) in [6.45, 7) is -0.492. The summed E-state index contributed by atoms with van der Waals surface area (Å²) in [6.07, 6.45) is 0. The van der Waals surface area contributed by atoms with Gasteiger partial charge in [0.2, 0.25) is 0 Å². The van der Waals surface area contributed by atoms with E-state index in [9.17, 15) is 0 Å². The van der Waals surface area contributed by atoms with Crippen LogP contribution in [0.5, 0.6) is 0 Å². The van der Waals surface area contributed by atoms with Crippen molar-refractivity contribution in [3.05, 3.63) is 0 Å². The van der Waals surface area contributed by atoms with Crippen molar-refractivity contribution in [3.63, 3.8) is 0 Å². The fourth-order valence-electron chi connectivity index (χ4n) is 0. The molecule has 1 N–H and O–H groups in total. The Morgan fingerprint density at radius 2 is 3.00 bits per heavy atom. The van der Waals surface area contributed by atoms with Gasteiger partial charge in [-0.25, -0.2) is 0 Å². The molecule has 1 nitrogen and oxygen atoms in total. The zero-order valence-electron chi connectivity index (χ0n) is 4.03. The number of alkyl halides is 1. The van der Waals surface area contributed by atoms with E-state index in [4.69, 9.17) is 19.4 Å². The Labute approximate surface area is 33.0 Å². The monoisotopic (exact) mass is 82.0 g/mol. The van der Waals surface area contributed by atoms with Gasteiger partial charge in [0.15, 0.2) is 0 Å². The molecular formula is C2H5ClO. The second-order valence-corrected chi connectivity index (χ2v) is 0.813. The first-order valence-corrected chi connectivity index (χ1v) is 1.14.